The molecule has 6 nitrogen and oxygen atoms in total. The fourth-order valence-electron chi connectivity index (χ4n) is 3.23. The number of likely N-dealkylation sites (tertiary alicyclic amines) is 1. The molecule has 0 spiro atoms. The third kappa shape index (κ3) is 2.80. The zero-order chi connectivity index (χ0) is 13.9. The summed E-state index contributed by atoms with van der Waals surface area (Å²) in [5, 5.41) is 0. The molecule has 110 valence electrons. The molecule has 0 amide bonds. The van der Waals surface area contributed by atoms with Crippen molar-refractivity contribution in [2.24, 2.45) is 0 Å². The summed E-state index contributed by atoms with van der Waals surface area (Å²) in [7, 11) is 1.60. The average Bonchev–Trinajstić information content (AvgIpc) is 2.97. The second kappa shape index (κ2) is 5.83. The maximum Gasteiger partial charge on any atom is 0.225 e. The highest BCUT2D eigenvalue weighted by atomic mass is 16.5. The fourth-order valence-corrected chi connectivity index (χ4v) is 3.23. The summed E-state index contributed by atoms with van der Waals surface area (Å²) in [6.45, 7) is 4.54. The molecule has 3 heterocycles. The number of nitrogen functional groups attached to an aromatic ring is 1. The Kier molecular flexibility index (Phi) is 3.91. The van der Waals surface area contributed by atoms with Crippen LogP contribution in [0.3, 0.4) is 0 Å². The van der Waals surface area contributed by atoms with E-state index in [1.807, 2.05) is 6.07 Å². The second-order valence-electron chi connectivity index (χ2n) is 5.61. The van der Waals surface area contributed by atoms with Crippen molar-refractivity contribution in [2.75, 3.05) is 43.9 Å². The second-order valence-corrected chi connectivity index (χ2v) is 5.61. The van der Waals surface area contributed by atoms with Gasteiger partial charge in [-0.05, 0) is 32.4 Å². The molecule has 0 aromatic carbocycles. The van der Waals surface area contributed by atoms with Gasteiger partial charge in [0.15, 0.2) is 0 Å². The molecule has 1 atom stereocenters. The smallest absolute Gasteiger partial charge is 0.225 e. The van der Waals surface area contributed by atoms with Gasteiger partial charge in [-0.15, -0.1) is 0 Å². The van der Waals surface area contributed by atoms with Crippen LogP contribution >= 0.6 is 0 Å². The van der Waals surface area contributed by atoms with Gasteiger partial charge in [-0.2, -0.15) is 9.97 Å². The van der Waals surface area contributed by atoms with Crippen LogP contribution in [-0.4, -0.2) is 54.2 Å². The summed E-state index contributed by atoms with van der Waals surface area (Å²) in [6, 6.07) is 2.52. The predicted molar refractivity (Wildman–Crippen MR) is 79.0 cm³/mol. The van der Waals surface area contributed by atoms with Crippen molar-refractivity contribution in [1.82, 2.24) is 14.9 Å². The van der Waals surface area contributed by atoms with Gasteiger partial charge in [-0.1, -0.05) is 6.42 Å². The SMILES string of the molecule is COc1cc(N2CCC(N3CCCCC3)C2)nc(N)n1. The maximum atomic E-state index is 5.74. The van der Waals surface area contributed by atoms with Crippen LogP contribution in [0.2, 0.25) is 0 Å². The number of nitrogens with zero attached hydrogens (tertiary/aromatic N) is 4. The van der Waals surface area contributed by atoms with Crippen molar-refractivity contribution in [3.8, 4) is 5.88 Å². The number of rotatable bonds is 3. The first-order chi connectivity index (χ1) is 9.76. The normalized spacial score (nSPS) is 24.1. The lowest BCUT2D eigenvalue weighted by atomic mass is 10.1. The van der Waals surface area contributed by atoms with Gasteiger partial charge in [-0.3, -0.25) is 4.90 Å². The number of hydrogen-bond donors (Lipinski definition) is 1. The largest absolute Gasteiger partial charge is 0.481 e. The van der Waals surface area contributed by atoms with Crippen molar-refractivity contribution >= 4 is 11.8 Å². The molecular weight excluding hydrogens is 254 g/mol. The van der Waals surface area contributed by atoms with E-state index in [4.69, 9.17) is 10.5 Å². The molecule has 3 rings (SSSR count). The van der Waals surface area contributed by atoms with Gasteiger partial charge in [0.2, 0.25) is 11.8 Å². The van der Waals surface area contributed by atoms with Crippen LogP contribution in [0.1, 0.15) is 25.7 Å². The van der Waals surface area contributed by atoms with Crippen molar-refractivity contribution in [3.63, 3.8) is 0 Å². The molecule has 0 radical (unpaired) electrons. The number of aromatic nitrogens is 2. The highest BCUT2D eigenvalue weighted by Gasteiger charge is 2.29. The summed E-state index contributed by atoms with van der Waals surface area (Å²) in [6.07, 6.45) is 5.26. The van der Waals surface area contributed by atoms with E-state index < -0.39 is 0 Å². The van der Waals surface area contributed by atoms with Gasteiger partial charge < -0.3 is 15.4 Å². The number of piperidine rings is 1. The Morgan fingerprint density at radius 1 is 1.20 bits per heavy atom. The molecule has 2 aliphatic rings. The summed E-state index contributed by atoms with van der Waals surface area (Å²) in [4.78, 5) is 13.3. The third-order valence-electron chi connectivity index (χ3n) is 4.31. The molecule has 6 heteroatoms. The zero-order valence-electron chi connectivity index (χ0n) is 12.1. The van der Waals surface area contributed by atoms with Crippen LogP contribution in [-0.2, 0) is 0 Å². The van der Waals surface area contributed by atoms with Gasteiger partial charge >= 0.3 is 0 Å². The number of ether oxygens (including phenoxy) is 1. The van der Waals surface area contributed by atoms with E-state index in [0.717, 1.165) is 18.9 Å². The first kappa shape index (κ1) is 13.4. The zero-order valence-corrected chi connectivity index (χ0v) is 12.1. The van der Waals surface area contributed by atoms with Crippen molar-refractivity contribution in [1.29, 1.82) is 0 Å². The molecule has 2 saturated heterocycles. The van der Waals surface area contributed by atoms with Gasteiger partial charge in [0.1, 0.15) is 5.82 Å². The first-order valence-electron chi connectivity index (χ1n) is 7.44. The lowest BCUT2D eigenvalue weighted by molar-refractivity contribution is 0.175. The predicted octanol–water partition coefficient (Wildman–Crippen LogP) is 1.13. The Bertz CT molecular complexity index is 461. The molecule has 1 aromatic rings. The number of hydrogen-bond acceptors (Lipinski definition) is 6. The monoisotopic (exact) mass is 277 g/mol. The van der Waals surface area contributed by atoms with Crippen LogP contribution in [0.25, 0.3) is 0 Å². The van der Waals surface area contributed by atoms with E-state index in [1.165, 1.54) is 38.8 Å². The Morgan fingerprint density at radius 2 is 2.00 bits per heavy atom. The Hall–Kier alpha value is -1.56. The van der Waals surface area contributed by atoms with E-state index in [1.54, 1.807) is 7.11 Å². The molecule has 0 bridgehead atoms. The average molecular weight is 277 g/mol. The lowest BCUT2D eigenvalue weighted by Crippen LogP contribution is -2.41. The van der Waals surface area contributed by atoms with Crippen LogP contribution in [0, 0.1) is 0 Å². The number of nitrogens with two attached hydrogens (primary N) is 1. The van der Waals surface area contributed by atoms with Crippen LogP contribution in [0.15, 0.2) is 6.07 Å². The van der Waals surface area contributed by atoms with Gasteiger partial charge in [0.25, 0.3) is 0 Å². The fraction of sp³-hybridized carbons (Fsp3) is 0.714. The van der Waals surface area contributed by atoms with E-state index in [2.05, 4.69) is 19.8 Å². The van der Waals surface area contributed by atoms with Crippen molar-refractivity contribution in [2.45, 2.75) is 31.7 Å². The molecule has 1 unspecified atom stereocenters. The lowest BCUT2D eigenvalue weighted by Gasteiger charge is -2.32. The number of methoxy groups -OCH3 is 1. The summed E-state index contributed by atoms with van der Waals surface area (Å²) in [5.74, 6) is 1.70. The summed E-state index contributed by atoms with van der Waals surface area (Å²) >= 11 is 0. The molecular formula is C14H23N5O. The first-order valence-corrected chi connectivity index (χ1v) is 7.44. The van der Waals surface area contributed by atoms with Gasteiger partial charge in [-0.25, -0.2) is 0 Å². The van der Waals surface area contributed by atoms with Crippen molar-refractivity contribution in [3.05, 3.63) is 6.07 Å². The minimum atomic E-state index is 0.278. The minimum absolute atomic E-state index is 0.278. The molecule has 20 heavy (non-hydrogen) atoms. The van der Waals surface area contributed by atoms with E-state index >= 15 is 0 Å². The van der Waals surface area contributed by atoms with Crippen LogP contribution in [0.5, 0.6) is 5.88 Å². The van der Waals surface area contributed by atoms with Crippen LogP contribution in [0.4, 0.5) is 11.8 Å². The maximum absolute atomic E-state index is 5.74. The molecule has 0 aliphatic carbocycles. The summed E-state index contributed by atoms with van der Waals surface area (Å²) < 4.78 is 5.17. The third-order valence-corrected chi connectivity index (χ3v) is 4.31. The standard InChI is InChI=1S/C14H23N5O/c1-20-13-9-12(16-14(15)17-13)19-8-5-11(10-19)18-6-3-2-4-7-18/h9,11H,2-8,10H2,1H3,(H2,15,16,17). The highest BCUT2D eigenvalue weighted by Crippen LogP contribution is 2.26. The Balaban J connectivity index is 1.68. The van der Waals surface area contributed by atoms with Gasteiger partial charge in [0, 0.05) is 25.2 Å². The molecule has 2 N–H and O–H groups in total. The van der Waals surface area contributed by atoms with E-state index in [0.29, 0.717) is 11.9 Å². The van der Waals surface area contributed by atoms with E-state index in [9.17, 15) is 0 Å². The van der Waals surface area contributed by atoms with Crippen LogP contribution < -0.4 is 15.4 Å². The van der Waals surface area contributed by atoms with Crippen molar-refractivity contribution < 1.29 is 4.74 Å². The molecule has 2 aliphatic heterocycles. The number of anilines is 2. The molecule has 1 aromatic heterocycles. The summed E-state index contributed by atoms with van der Waals surface area (Å²) in [5.41, 5.74) is 5.74. The Labute approximate surface area is 119 Å². The van der Waals surface area contributed by atoms with E-state index in [-0.39, 0.29) is 5.95 Å². The minimum Gasteiger partial charge on any atom is -0.481 e. The van der Waals surface area contributed by atoms with Gasteiger partial charge in [0.05, 0.1) is 7.11 Å². The topological polar surface area (TPSA) is 67.5 Å². The molecule has 0 saturated carbocycles. The molecule has 2 fully saturated rings. The quantitative estimate of drug-likeness (QED) is 0.893. The Morgan fingerprint density at radius 3 is 2.75 bits per heavy atom. The highest BCUT2D eigenvalue weighted by molar-refractivity contribution is 5.46.